The highest BCUT2D eigenvalue weighted by atomic mass is 16.7. The molecular formula is C23H20N2O7. The molecule has 2 heterocycles. The van der Waals surface area contributed by atoms with Crippen molar-refractivity contribution in [3.05, 3.63) is 71.7 Å². The molecular weight excluding hydrogens is 416 g/mol. The van der Waals surface area contributed by atoms with E-state index in [2.05, 4.69) is 10.6 Å². The summed E-state index contributed by atoms with van der Waals surface area (Å²) in [5.74, 6) is -0.387. The van der Waals surface area contributed by atoms with Gasteiger partial charge in [0.05, 0.1) is 11.8 Å². The molecule has 0 saturated carbocycles. The Bertz CT molecular complexity index is 1170. The third-order valence-corrected chi connectivity index (χ3v) is 4.76. The van der Waals surface area contributed by atoms with E-state index in [0.717, 1.165) is 5.56 Å². The lowest BCUT2D eigenvalue weighted by atomic mass is 10.1. The number of hydrogen-bond acceptors (Lipinski definition) is 7. The quantitative estimate of drug-likeness (QED) is 0.565. The standard InChI is InChI=1S/C23H20N2O7/c1-13-5-6-15(10-17(13)25-22(27)19-4-3-9-29-19)23(28)32-14(2)21(26)24-16-7-8-18-20(11-16)31-12-30-18/h3-11,14H,12H2,1-2H3,(H,24,26)(H,25,27). The van der Waals surface area contributed by atoms with Crippen molar-refractivity contribution < 1.29 is 33.0 Å². The van der Waals surface area contributed by atoms with Crippen LogP contribution in [0, 0.1) is 6.92 Å². The molecule has 0 aliphatic carbocycles. The molecule has 2 amide bonds. The normalized spacial score (nSPS) is 12.7. The highest BCUT2D eigenvalue weighted by Crippen LogP contribution is 2.34. The van der Waals surface area contributed by atoms with Gasteiger partial charge in [0.1, 0.15) is 0 Å². The summed E-state index contributed by atoms with van der Waals surface area (Å²) >= 11 is 0. The Kier molecular flexibility index (Phi) is 5.80. The van der Waals surface area contributed by atoms with E-state index in [9.17, 15) is 14.4 Å². The first kappa shape index (κ1) is 21.0. The number of carbonyl (C=O) groups is 3. The van der Waals surface area contributed by atoms with Crippen LogP contribution in [0.25, 0.3) is 0 Å². The minimum Gasteiger partial charge on any atom is -0.459 e. The fourth-order valence-corrected chi connectivity index (χ4v) is 2.98. The number of hydrogen-bond donors (Lipinski definition) is 2. The number of ether oxygens (including phenoxy) is 3. The van der Waals surface area contributed by atoms with Gasteiger partial charge >= 0.3 is 5.97 Å². The molecule has 1 unspecified atom stereocenters. The van der Waals surface area contributed by atoms with Gasteiger partial charge in [0.15, 0.2) is 23.4 Å². The summed E-state index contributed by atoms with van der Waals surface area (Å²) in [6.45, 7) is 3.38. The number of carbonyl (C=O) groups excluding carboxylic acids is 3. The van der Waals surface area contributed by atoms with Gasteiger partial charge in [-0.05, 0) is 55.8 Å². The third-order valence-electron chi connectivity index (χ3n) is 4.76. The number of aryl methyl sites for hydroxylation is 1. The zero-order chi connectivity index (χ0) is 22.7. The lowest BCUT2D eigenvalue weighted by Crippen LogP contribution is -2.30. The first-order valence-corrected chi connectivity index (χ1v) is 9.78. The van der Waals surface area contributed by atoms with Crippen LogP contribution >= 0.6 is 0 Å². The van der Waals surface area contributed by atoms with Gasteiger partial charge in [-0.25, -0.2) is 4.79 Å². The van der Waals surface area contributed by atoms with Gasteiger partial charge in [0.25, 0.3) is 11.8 Å². The monoisotopic (exact) mass is 436 g/mol. The molecule has 1 atom stereocenters. The maximum Gasteiger partial charge on any atom is 0.338 e. The highest BCUT2D eigenvalue weighted by molar-refractivity contribution is 6.03. The maximum atomic E-state index is 12.6. The Hall–Kier alpha value is -4.27. The molecule has 0 bridgehead atoms. The average molecular weight is 436 g/mol. The Morgan fingerprint density at radius 1 is 1.00 bits per heavy atom. The Labute approximate surface area is 183 Å². The van der Waals surface area contributed by atoms with Crippen molar-refractivity contribution in [1.82, 2.24) is 0 Å². The molecule has 3 aromatic rings. The lowest BCUT2D eigenvalue weighted by molar-refractivity contribution is -0.123. The van der Waals surface area contributed by atoms with Gasteiger partial charge < -0.3 is 29.3 Å². The number of rotatable bonds is 6. The zero-order valence-electron chi connectivity index (χ0n) is 17.3. The van der Waals surface area contributed by atoms with E-state index in [1.165, 1.54) is 25.3 Å². The minimum absolute atomic E-state index is 0.126. The molecule has 1 aliphatic heterocycles. The predicted molar refractivity (Wildman–Crippen MR) is 114 cm³/mol. The van der Waals surface area contributed by atoms with Crippen molar-refractivity contribution in [2.75, 3.05) is 17.4 Å². The van der Waals surface area contributed by atoms with E-state index in [4.69, 9.17) is 18.6 Å². The van der Waals surface area contributed by atoms with Gasteiger partial charge in [0, 0.05) is 17.4 Å². The Morgan fingerprint density at radius 3 is 2.59 bits per heavy atom. The average Bonchev–Trinajstić information content (AvgIpc) is 3.47. The van der Waals surface area contributed by atoms with E-state index >= 15 is 0 Å². The molecule has 0 saturated heterocycles. The van der Waals surface area contributed by atoms with Crippen LogP contribution in [0.4, 0.5) is 11.4 Å². The number of furan rings is 1. The van der Waals surface area contributed by atoms with E-state index < -0.39 is 23.9 Å². The van der Waals surface area contributed by atoms with Crippen LogP contribution in [0.1, 0.15) is 33.4 Å². The number of benzene rings is 2. The summed E-state index contributed by atoms with van der Waals surface area (Å²) in [5.41, 5.74) is 1.85. The third kappa shape index (κ3) is 4.56. The number of fused-ring (bicyclic) bond motifs is 1. The molecule has 1 aromatic heterocycles. The first-order valence-electron chi connectivity index (χ1n) is 9.78. The molecule has 1 aliphatic rings. The molecule has 164 valence electrons. The van der Waals surface area contributed by atoms with E-state index in [1.807, 2.05) is 0 Å². The van der Waals surface area contributed by atoms with Crippen LogP contribution in [-0.4, -0.2) is 30.7 Å². The summed E-state index contributed by atoms with van der Waals surface area (Å²) in [6.07, 6.45) is 0.335. The fourth-order valence-electron chi connectivity index (χ4n) is 2.98. The van der Waals surface area contributed by atoms with Gasteiger partial charge in [-0.3, -0.25) is 9.59 Å². The highest BCUT2D eigenvalue weighted by Gasteiger charge is 2.21. The van der Waals surface area contributed by atoms with Crippen LogP contribution in [-0.2, 0) is 9.53 Å². The van der Waals surface area contributed by atoms with Gasteiger partial charge in [-0.15, -0.1) is 0 Å². The summed E-state index contributed by atoms with van der Waals surface area (Å²) in [7, 11) is 0. The van der Waals surface area contributed by atoms with Crippen LogP contribution in [0.3, 0.4) is 0 Å². The zero-order valence-corrected chi connectivity index (χ0v) is 17.3. The van der Waals surface area contributed by atoms with Crippen molar-refractivity contribution in [2.24, 2.45) is 0 Å². The van der Waals surface area contributed by atoms with Crippen molar-refractivity contribution in [3.8, 4) is 11.5 Å². The molecule has 0 spiro atoms. The lowest BCUT2D eigenvalue weighted by Gasteiger charge is -2.15. The van der Waals surface area contributed by atoms with Gasteiger partial charge in [-0.2, -0.15) is 0 Å². The van der Waals surface area contributed by atoms with Crippen molar-refractivity contribution in [2.45, 2.75) is 20.0 Å². The second kappa shape index (κ2) is 8.84. The molecule has 2 aromatic carbocycles. The van der Waals surface area contributed by atoms with Gasteiger partial charge in [0.2, 0.25) is 6.79 Å². The number of esters is 1. The van der Waals surface area contributed by atoms with E-state index in [1.54, 1.807) is 43.3 Å². The summed E-state index contributed by atoms with van der Waals surface area (Å²) in [6, 6.07) is 12.8. The molecule has 0 radical (unpaired) electrons. The molecule has 9 heteroatoms. The topological polar surface area (TPSA) is 116 Å². The molecule has 4 rings (SSSR count). The van der Waals surface area contributed by atoms with Crippen molar-refractivity contribution in [3.63, 3.8) is 0 Å². The van der Waals surface area contributed by atoms with E-state index in [0.29, 0.717) is 22.9 Å². The number of nitrogens with one attached hydrogen (secondary N) is 2. The molecule has 9 nitrogen and oxygen atoms in total. The van der Waals surface area contributed by atoms with Crippen molar-refractivity contribution >= 4 is 29.2 Å². The second-order valence-corrected chi connectivity index (χ2v) is 7.07. The Balaban J connectivity index is 1.39. The van der Waals surface area contributed by atoms with Gasteiger partial charge in [-0.1, -0.05) is 6.07 Å². The van der Waals surface area contributed by atoms with Crippen LogP contribution in [0.2, 0.25) is 0 Å². The SMILES string of the molecule is Cc1ccc(C(=O)OC(C)C(=O)Nc2ccc3c(c2)OCO3)cc1NC(=O)c1ccco1. The van der Waals surface area contributed by atoms with E-state index in [-0.39, 0.29) is 18.1 Å². The molecule has 2 N–H and O–H groups in total. The number of amides is 2. The second-order valence-electron chi connectivity index (χ2n) is 7.07. The number of anilines is 2. The van der Waals surface area contributed by atoms with Crippen LogP contribution in [0.15, 0.2) is 59.2 Å². The van der Waals surface area contributed by atoms with Crippen LogP contribution in [0.5, 0.6) is 11.5 Å². The molecule has 0 fully saturated rings. The summed E-state index contributed by atoms with van der Waals surface area (Å²) in [5, 5.41) is 5.37. The smallest absolute Gasteiger partial charge is 0.338 e. The predicted octanol–water partition coefficient (Wildman–Crippen LogP) is 3.75. The Morgan fingerprint density at radius 2 is 1.81 bits per heavy atom. The summed E-state index contributed by atoms with van der Waals surface area (Å²) < 4.78 is 20.9. The fraction of sp³-hybridized carbons (Fsp3) is 0.174. The summed E-state index contributed by atoms with van der Waals surface area (Å²) in [4.78, 5) is 37.3. The molecule has 32 heavy (non-hydrogen) atoms. The minimum atomic E-state index is -1.06. The maximum absolute atomic E-state index is 12.6. The van der Waals surface area contributed by atoms with Crippen LogP contribution < -0.4 is 20.1 Å². The largest absolute Gasteiger partial charge is 0.459 e. The first-order chi connectivity index (χ1) is 15.4. The van der Waals surface area contributed by atoms with Crippen molar-refractivity contribution in [1.29, 1.82) is 0 Å².